The molecule has 0 aliphatic carbocycles. The Morgan fingerprint density at radius 2 is 2.33 bits per heavy atom. The molecule has 3 aromatic rings. The second-order valence-corrected chi connectivity index (χ2v) is 4.68. The Bertz CT molecular complexity index is 760. The number of hydrogen-bond donors (Lipinski definition) is 2. The van der Waals surface area contributed by atoms with E-state index >= 15 is 0 Å². The van der Waals surface area contributed by atoms with Crippen molar-refractivity contribution < 1.29 is 9.53 Å². The quantitative estimate of drug-likeness (QED) is 0.755. The Hall–Kier alpha value is -2.60. The van der Waals surface area contributed by atoms with Crippen molar-refractivity contribution in [3.63, 3.8) is 0 Å². The van der Waals surface area contributed by atoms with Gasteiger partial charge in [0.1, 0.15) is 0 Å². The number of aromatic amines is 1. The largest absolute Gasteiger partial charge is 0.383 e. The Morgan fingerprint density at radius 1 is 1.43 bits per heavy atom. The van der Waals surface area contributed by atoms with E-state index in [0.29, 0.717) is 24.4 Å². The van der Waals surface area contributed by atoms with E-state index in [1.54, 1.807) is 30.3 Å². The number of nitrogens with zero attached hydrogens (tertiary/aromatic N) is 2. The fourth-order valence-corrected chi connectivity index (χ4v) is 2.22. The maximum absolute atomic E-state index is 12.4. The smallest absolute Gasteiger partial charge is 0.256 e. The Labute approximate surface area is 121 Å². The van der Waals surface area contributed by atoms with Crippen LogP contribution in [0.4, 0.5) is 5.69 Å². The molecule has 6 nitrogen and oxygen atoms in total. The van der Waals surface area contributed by atoms with Gasteiger partial charge in [-0.1, -0.05) is 6.07 Å². The first-order valence-electron chi connectivity index (χ1n) is 6.67. The zero-order valence-electron chi connectivity index (χ0n) is 11.7. The number of amides is 1. The highest BCUT2D eigenvalue weighted by molar-refractivity contribution is 6.12. The zero-order valence-corrected chi connectivity index (χ0v) is 11.7. The molecule has 0 atom stereocenters. The van der Waals surface area contributed by atoms with Crippen molar-refractivity contribution in [2.75, 3.05) is 19.0 Å². The van der Waals surface area contributed by atoms with Crippen molar-refractivity contribution in [2.45, 2.75) is 6.54 Å². The highest BCUT2D eigenvalue weighted by Crippen LogP contribution is 2.18. The van der Waals surface area contributed by atoms with Crippen molar-refractivity contribution in [3.05, 3.63) is 48.4 Å². The third-order valence-corrected chi connectivity index (χ3v) is 3.26. The fraction of sp³-hybridized carbons (Fsp3) is 0.200. The van der Waals surface area contributed by atoms with Crippen LogP contribution in [0.2, 0.25) is 0 Å². The van der Waals surface area contributed by atoms with Crippen molar-refractivity contribution in [1.29, 1.82) is 0 Å². The van der Waals surface area contributed by atoms with Crippen LogP contribution >= 0.6 is 0 Å². The van der Waals surface area contributed by atoms with Crippen molar-refractivity contribution >= 4 is 22.5 Å². The normalized spacial score (nSPS) is 10.9. The van der Waals surface area contributed by atoms with Crippen LogP contribution in [0.1, 0.15) is 10.4 Å². The topological polar surface area (TPSA) is 71.9 Å². The minimum atomic E-state index is -0.147. The van der Waals surface area contributed by atoms with Crippen LogP contribution in [-0.4, -0.2) is 34.4 Å². The first-order chi connectivity index (χ1) is 10.3. The standard InChI is InChI=1S/C15H16N4O2/c1-21-8-7-19-10-11(9-17-19)18-15(20)13-3-2-4-14-12(13)5-6-16-14/h2-6,9-10,16H,7-8H2,1H3,(H,18,20). The molecular formula is C15H16N4O2. The number of anilines is 1. The lowest BCUT2D eigenvalue weighted by atomic mass is 10.1. The molecule has 0 bridgehead atoms. The molecule has 0 radical (unpaired) electrons. The summed E-state index contributed by atoms with van der Waals surface area (Å²) in [4.78, 5) is 15.5. The van der Waals surface area contributed by atoms with Crippen molar-refractivity contribution in [2.24, 2.45) is 0 Å². The summed E-state index contributed by atoms with van der Waals surface area (Å²) >= 11 is 0. The third-order valence-electron chi connectivity index (χ3n) is 3.26. The molecule has 2 aromatic heterocycles. The molecule has 0 aliphatic heterocycles. The van der Waals surface area contributed by atoms with Gasteiger partial charge in [0.05, 0.1) is 25.0 Å². The highest BCUT2D eigenvalue weighted by atomic mass is 16.5. The van der Waals surface area contributed by atoms with Crippen LogP contribution in [0.5, 0.6) is 0 Å². The van der Waals surface area contributed by atoms with Crippen LogP contribution in [-0.2, 0) is 11.3 Å². The number of nitrogens with one attached hydrogen (secondary N) is 2. The van der Waals surface area contributed by atoms with Gasteiger partial charge in [-0.3, -0.25) is 9.48 Å². The maximum atomic E-state index is 12.4. The van der Waals surface area contributed by atoms with Gasteiger partial charge in [0.15, 0.2) is 0 Å². The number of carbonyl (C=O) groups is 1. The van der Waals surface area contributed by atoms with Gasteiger partial charge in [0, 0.05) is 36.0 Å². The van der Waals surface area contributed by atoms with Crippen molar-refractivity contribution in [3.8, 4) is 0 Å². The molecule has 0 spiro atoms. The summed E-state index contributed by atoms with van der Waals surface area (Å²) in [5.41, 5.74) is 2.25. The fourth-order valence-electron chi connectivity index (χ4n) is 2.22. The summed E-state index contributed by atoms with van der Waals surface area (Å²) in [6.45, 7) is 1.23. The highest BCUT2D eigenvalue weighted by Gasteiger charge is 2.11. The summed E-state index contributed by atoms with van der Waals surface area (Å²) in [5, 5.41) is 7.93. The molecule has 0 unspecified atom stereocenters. The van der Waals surface area contributed by atoms with Gasteiger partial charge >= 0.3 is 0 Å². The van der Waals surface area contributed by atoms with Crippen LogP contribution in [0.3, 0.4) is 0 Å². The molecule has 0 saturated heterocycles. The van der Waals surface area contributed by atoms with Gasteiger partial charge < -0.3 is 15.0 Å². The third kappa shape index (κ3) is 2.80. The number of carbonyl (C=O) groups excluding carboxylic acids is 1. The molecule has 21 heavy (non-hydrogen) atoms. The molecule has 0 aliphatic rings. The number of H-pyrrole nitrogens is 1. The number of benzene rings is 1. The summed E-state index contributed by atoms with van der Waals surface area (Å²) in [5.74, 6) is -0.147. The number of methoxy groups -OCH3 is 1. The van der Waals surface area contributed by atoms with E-state index in [1.165, 1.54) is 0 Å². The molecule has 1 aromatic carbocycles. The lowest BCUT2D eigenvalue weighted by Crippen LogP contribution is -2.11. The summed E-state index contributed by atoms with van der Waals surface area (Å²) in [6.07, 6.45) is 5.24. The Morgan fingerprint density at radius 3 is 3.19 bits per heavy atom. The maximum Gasteiger partial charge on any atom is 0.256 e. The van der Waals surface area contributed by atoms with Gasteiger partial charge in [-0.15, -0.1) is 0 Å². The number of hydrogen-bond acceptors (Lipinski definition) is 3. The van der Waals surface area contributed by atoms with Crippen LogP contribution < -0.4 is 5.32 Å². The second-order valence-electron chi connectivity index (χ2n) is 4.68. The predicted molar refractivity (Wildman–Crippen MR) is 80.4 cm³/mol. The molecule has 0 fully saturated rings. The number of fused-ring (bicyclic) bond motifs is 1. The van der Waals surface area contributed by atoms with Crippen LogP contribution in [0, 0.1) is 0 Å². The van der Waals surface area contributed by atoms with Gasteiger partial charge in [-0.05, 0) is 18.2 Å². The molecular weight excluding hydrogens is 268 g/mol. The van der Waals surface area contributed by atoms with Gasteiger partial charge in [-0.25, -0.2) is 0 Å². The van der Waals surface area contributed by atoms with Gasteiger partial charge in [-0.2, -0.15) is 5.10 Å². The molecule has 2 N–H and O–H groups in total. The number of ether oxygens (including phenoxy) is 1. The molecule has 3 rings (SSSR count). The monoisotopic (exact) mass is 284 g/mol. The average Bonchev–Trinajstić information content (AvgIpc) is 3.13. The van der Waals surface area contributed by atoms with E-state index in [9.17, 15) is 4.79 Å². The number of aromatic nitrogens is 3. The number of rotatable bonds is 5. The van der Waals surface area contributed by atoms with Crippen LogP contribution in [0.25, 0.3) is 10.9 Å². The molecule has 1 amide bonds. The summed E-state index contributed by atoms with van der Waals surface area (Å²) < 4.78 is 6.73. The van der Waals surface area contributed by atoms with Gasteiger partial charge in [0.25, 0.3) is 5.91 Å². The van der Waals surface area contributed by atoms with E-state index in [4.69, 9.17) is 4.74 Å². The second kappa shape index (κ2) is 5.80. The minimum absolute atomic E-state index is 0.147. The molecule has 2 heterocycles. The van der Waals surface area contributed by atoms with E-state index in [-0.39, 0.29) is 5.91 Å². The van der Waals surface area contributed by atoms with Crippen molar-refractivity contribution in [1.82, 2.24) is 14.8 Å². The van der Waals surface area contributed by atoms with E-state index in [0.717, 1.165) is 10.9 Å². The first-order valence-corrected chi connectivity index (χ1v) is 6.67. The summed E-state index contributed by atoms with van der Waals surface area (Å²) in [6, 6.07) is 7.50. The Balaban J connectivity index is 1.77. The molecule has 6 heteroatoms. The predicted octanol–water partition coefficient (Wildman–Crippen LogP) is 2.26. The summed E-state index contributed by atoms with van der Waals surface area (Å²) in [7, 11) is 1.64. The molecule has 108 valence electrons. The van der Waals surface area contributed by atoms with Gasteiger partial charge in [0.2, 0.25) is 0 Å². The minimum Gasteiger partial charge on any atom is -0.383 e. The SMILES string of the molecule is COCCn1cc(NC(=O)c2cccc3[nH]ccc23)cn1. The van der Waals surface area contributed by atoms with E-state index in [2.05, 4.69) is 15.4 Å². The zero-order chi connectivity index (χ0) is 14.7. The van der Waals surface area contributed by atoms with E-state index < -0.39 is 0 Å². The molecule has 0 saturated carbocycles. The Kier molecular flexibility index (Phi) is 3.70. The lowest BCUT2D eigenvalue weighted by molar-refractivity contribution is 0.102. The average molecular weight is 284 g/mol. The van der Waals surface area contributed by atoms with Crippen LogP contribution in [0.15, 0.2) is 42.9 Å². The van der Waals surface area contributed by atoms with E-state index in [1.807, 2.05) is 24.4 Å². The first kappa shape index (κ1) is 13.4. The lowest BCUT2D eigenvalue weighted by Gasteiger charge is -2.04.